The van der Waals surface area contributed by atoms with E-state index in [1.807, 2.05) is 32.9 Å². The van der Waals surface area contributed by atoms with Crippen molar-refractivity contribution in [2.45, 2.75) is 25.7 Å². The molecule has 0 atom stereocenters. The predicted molar refractivity (Wildman–Crippen MR) is 125 cm³/mol. The van der Waals surface area contributed by atoms with E-state index in [0.717, 1.165) is 22.6 Å². The Kier molecular flexibility index (Phi) is 5.81. The topological polar surface area (TPSA) is 126 Å². The van der Waals surface area contributed by atoms with Gasteiger partial charge < -0.3 is 5.32 Å². The van der Waals surface area contributed by atoms with Crippen LogP contribution in [0, 0.1) is 32.1 Å². The van der Waals surface area contributed by atoms with E-state index in [0.29, 0.717) is 22.9 Å². The third-order valence-corrected chi connectivity index (χ3v) is 6.62. The Bertz CT molecular complexity index is 1440. The Hall–Kier alpha value is -4.23. The van der Waals surface area contributed by atoms with Crippen LogP contribution in [-0.2, 0) is 10.0 Å². The molecule has 2 heterocycles. The van der Waals surface area contributed by atoms with Crippen molar-refractivity contribution in [2.75, 3.05) is 10.0 Å². The van der Waals surface area contributed by atoms with Crippen LogP contribution in [0.1, 0.15) is 22.5 Å². The van der Waals surface area contributed by atoms with Crippen molar-refractivity contribution in [3.05, 3.63) is 83.2 Å². The number of rotatable bonds is 6. The highest BCUT2D eigenvalue weighted by atomic mass is 32.2. The van der Waals surface area contributed by atoms with Crippen LogP contribution >= 0.6 is 0 Å². The maximum Gasteiger partial charge on any atom is 0.261 e. The normalized spacial score (nSPS) is 11.1. The van der Waals surface area contributed by atoms with Gasteiger partial charge in [-0.1, -0.05) is 0 Å². The van der Waals surface area contributed by atoms with Gasteiger partial charge in [0.1, 0.15) is 0 Å². The van der Waals surface area contributed by atoms with Crippen molar-refractivity contribution in [3.8, 4) is 11.9 Å². The van der Waals surface area contributed by atoms with E-state index < -0.39 is 10.0 Å². The third kappa shape index (κ3) is 4.68. The Morgan fingerprint density at radius 1 is 0.879 bits per heavy atom. The molecule has 0 spiro atoms. The summed E-state index contributed by atoms with van der Waals surface area (Å²) >= 11 is 0. The smallest absolute Gasteiger partial charge is 0.261 e. The van der Waals surface area contributed by atoms with Gasteiger partial charge in [-0.25, -0.2) is 13.1 Å². The first-order valence-electron chi connectivity index (χ1n) is 10.0. The average molecular weight is 460 g/mol. The molecule has 2 aromatic carbocycles. The molecular formula is C23H21N7O2S. The predicted octanol–water partition coefficient (Wildman–Crippen LogP) is 4.00. The summed E-state index contributed by atoms with van der Waals surface area (Å²) in [5.41, 5.74) is 4.61. The van der Waals surface area contributed by atoms with E-state index in [4.69, 9.17) is 5.26 Å². The number of aryl methyl sites for hydroxylation is 1. The van der Waals surface area contributed by atoms with E-state index >= 15 is 0 Å². The second-order valence-electron chi connectivity index (χ2n) is 7.43. The van der Waals surface area contributed by atoms with Crippen LogP contribution in [-0.4, -0.2) is 28.4 Å². The van der Waals surface area contributed by atoms with Gasteiger partial charge in [-0.15, -0.1) is 10.2 Å². The monoisotopic (exact) mass is 459 g/mol. The Morgan fingerprint density at radius 3 is 2.09 bits per heavy atom. The Balaban J connectivity index is 1.44. The molecule has 0 radical (unpaired) electrons. The third-order valence-electron chi connectivity index (χ3n) is 5.22. The first kappa shape index (κ1) is 22.0. The maximum absolute atomic E-state index is 12.5. The highest BCUT2D eigenvalue weighted by molar-refractivity contribution is 7.92. The summed E-state index contributed by atoms with van der Waals surface area (Å²) in [7, 11) is -3.76. The van der Waals surface area contributed by atoms with Crippen LogP contribution in [0.5, 0.6) is 0 Å². The number of aromatic nitrogens is 4. The largest absolute Gasteiger partial charge is 0.339 e. The summed E-state index contributed by atoms with van der Waals surface area (Å²) in [6.45, 7) is 5.96. The van der Waals surface area contributed by atoms with E-state index in [9.17, 15) is 8.42 Å². The van der Waals surface area contributed by atoms with Crippen molar-refractivity contribution in [1.82, 2.24) is 20.0 Å². The van der Waals surface area contributed by atoms with Crippen molar-refractivity contribution >= 4 is 27.2 Å². The summed E-state index contributed by atoms with van der Waals surface area (Å²) in [5.74, 6) is 1.17. The van der Waals surface area contributed by atoms with Crippen molar-refractivity contribution < 1.29 is 8.42 Å². The lowest BCUT2D eigenvalue weighted by Gasteiger charge is -2.10. The minimum absolute atomic E-state index is 0.0804. The molecule has 4 rings (SSSR count). The molecule has 0 bridgehead atoms. The molecule has 0 aliphatic carbocycles. The SMILES string of the molecule is Cc1nn(-c2ccc(Nc3ccc(NS(=O)(=O)c4ccc(C#N)cc4)cc3)nn2)c(C)c1C. The summed E-state index contributed by atoms with van der Waals surface area (Å²) in [6.07, 6.45) is 0. The molecular weight excluding hydrogens is 438 g/mol. The zero-order valence-corrected chi connectivity index (χ0v) is 19.1. The summed E-state index contributed by atoms with van der Waals surface area (Å²) in [4.78, 5) is 0.0804. The van der Waals surface area contributed by atoms with Crippen LogP contribution in [0.15, 0.2) is 65.6 Å². The number of hydrogen-bond donors (Lipinski definition) is 2. The Morgan fingerprint density at radius 2 is 1.55 bits per heavy atom. The standard InChI is InChI=1S/C23H21N7O2S/c1-15-16(2)28-30(17(15)3)23-13-12-22(26-27-23)25-19-6-8-20(9-7-19)29-33(31,32)21-10-4-18(14-24)5-11-21/h4-13,29H,1-3H3,(H,25,26). The van der Waals surface area contributed by atoms with E-state index in [1.165, 1.54) is 24.3 Å². The second-order valence-corrected chi connectivity index (χ2v) is 9.11. The van der Waals surface area contributed by atoms with Gasteiger partial charge in [0.15, 0.2) is 11.6 Å². The number of hydrogen-bond acceptors (Lipinski definition) is 7. The molecule has 9 nitrogen and oxygen atoms in total. The quantitative estimate of drug-likeness (QED) is 0.446. The summed E-state index contributed by atoms with van der Waals surface area (Å²) in [5, 5.41) is 24.9. The minimum atomic E-state index is -3.76. The highest BCUT2D eigenvalue weighted by Crippen LogP contribution is 2.21. The molecule has 2 N–H and O–H groups in total. The van der Waals surface area contributed by atoms with Gasteiger partial charge in [0.25, 0.3) is 10.0 Å². The number of benzene rings is 2. The molecule has 0 amide bonds. The fourth-order valence-corrected chi connectivity index (χ4v) is 4.20. The molecule has 10 heteroatoms. The zero-order chi connectivity index (χ0) is 23.6. The lowest BCUT2D eigenvalue weighted by Crippen LogP contribution is -2.12. The fraction of sp³-hybridized carbons (Fsp3) is 0.130. The molecule has 4 aromatic rings. The maximum atomic E-state index is 12.5. The molecule has 0 aliphatic rings. The van der Waals surface area contributed by atoms with Crippen molar-refractivity contribution in [2.24, 2.45) is 0 Å². The molecule has 166 valence electrons. The van der Waals surface area contributed by atoms with Gasteiger partial charge in [-0.2, -0.15) is 10.4 Å². The van der Waals surface area contributed by atoms with E-state index in [2.05, 4.69) is 25.3 Å². The molecule has 0 unspecified atom stereocenters. The van der Waals surface area contributed by atoms with Crippen LogP contribution < -0.4 is 10.0 Å². The van der Waals surface area contributed by atoms with Gasteiger partial charge in [-0.05, 0) is 87.0 Å². The van der Waals surface area contributed by atoms with Gasteiger partial charge in [0, 0.05) is 17.1 Å². The number of nitrogens with one attached hydrogen (secondary N) is 2. The lowest BCUT2D eigenvalue weighted by atomic mass is 10.2. The lowest BCUT2D eigenvalue weighted by molar-refractivity contribution is 0.601. The average Bonchev–Trinajstić information content (AvgIpc) is 3.08. The highest BCUT2D eigenvalue weighted by Gasteiger charge is 2.14. The summed E-state index contributed by atoms with van der Waals surface area (Å²) in [6, 6.07) is 18.1. The molecule has 0 aliphatic heterocycles. The van der Waals surface area contributed by atoms with Crippen LogP contribution in [0.3, 0.4) is 0 Å². The zero-order valence-electron chi connectivity index (χ0n) is 18.2. The number of nitrogens with zero attached hydrogens (tertiary/aromatic N) is 5. The molecule has 0 fully saturated rings. The van der Waals surface area contributed by atoms with Crippen LogP contribution in [0.4, 0.5) is 17.2 Å². The van der Waals surface area contributed by atoms with Gasteiger partial charge in [-0.3, -0.25) is 4.72 Å². The Labute approximate surface area is 191 Å². The molecule has 0 saturated heterocycles. The molecule has 2 aromatic heterocycles. The van der Waals surface area contributed by atoms with Gasteiger partial charge >= 0.3 is 0 Å². The first-order valence-corrected chi connectivity index (χ1v) is 11.5. The van der Waals surface area contributed by atoms with Crippen molar-refractivity contribution in [3.63, 3.8) is 0 Å². The van der Waals surface area contributed by atoms with E-state index in [1.54, 1.807) is 35.0 Å². The number of nitriles is 1. The van der Waals surface area contributed by atoms with Crippen LogP contribution in [0.2, 0.25) is 0 Å². The minimum Gasteiger partial charge on any atom is -0.339 e. The molecule has 0 saturated carbocycles. The van der Waals surface area contributed by atoms with Crippen LogP contribution in [0.25, 0.3) is 5.82 Å². The summed E-state index contributed by atoms with van der Waals surface area (Å²) < 4.78 is 29.4. The first-order chi connectivity index (χ1) is 15.8. The van der Waals surface area contributed by atoms with E-state index in [-0.39, 0.29) is 4.90 Å². The van der Waals surface area contributed by atoms with Gasteiger partial charge in [0.05, 0.1) is 22.2 Å². The second kappa shape index (κ2) is 8.72. The fourth-order valence-electron chi connectivity index (χ4n) is 3.14. The number of anilines is 3. The number of sulfonamides is 1. The van der Waals surface area contributed by atoms with Gasteiger partial charge in [0.2, 0.25) is 0 Å². The molecule has 33 heavy (non-hydrogen) atoms. The van der Waals surface area contributed by atoms with Crippen molar-refractivity contribution in [1.29, 1.82) is 5.26 Å².